The number of hydrogen-bond acceptors (Lipinski definition) is 2. The molecule has 0 radical (unpaired) electrons. The van der Waals surface area contributed by atoms with Gasteiger partial charge in [-0.1, -0.05) is 29.8 Å². The predicted molar refractivity (Wildman–Crippen MR) is 103 cm³/mol. The van der Waals surface area contributed by atoms with Crippen LogP contribution >= 0.6 is 0 Å². The van der Waals surface area contributed by atoms with Crippen molar-refractivity contribution in [2.24, 2.45) is 17.8 Å². The van der Waals surface area contributed by atoms with Crippen molar-refractivity contribution in [3.63, 3.8) is 0 Å². The van der Waals surface area contributed by atoms with Crippen LogP contribution in [0.25, 0.3) is 0 Å². The zero-order chi connectivity index (χ0) is 18.0. The summed E-state index contributed by atoms with van der Waals surface area (Å²) >= 11 is 0. The highest BCUT2D eigenvalue weighted by molar-refractivity contribution is 5.87. The van der Waals surface area contributed by atoms with Crippen molar-refractivity contribution < 1.29 is 9.90 Å². The maximum Gasteiger partial charge on any atom is 0.335 e. The maximum absolute atomic E-state index is 11.2. The minimum Gasteiger partial charge on any atom is -0.478 e. The predicted octanol–water partition coefficient (Wildman–Crippen LogP) is 5.30. The fourth-order valence-electron chi connectivity index (χ4n) is 6.13. The first-order valence-electron chi connectivity index (χ1n) is 9.74. The van der Waals surface area contributed by atoms with E-state index in [0.29, 0.717) is 17.4 Å². The van der Waals surface area contributed by atoms with E-state index in [1.165, 1.54) is 47.2 Å². The van der Waals surface area contributed by atoms with Gasteiger partial charge in [0.25, 0.3) is 0 Å². The number of aryl methyl sites for hydroxylation is 2. The van der Waals surface area contributed by atoms with Gasteiger partial charge in [0.15, 0.2) is 0 Å². The monoisotopic (exact) mass is 347 g/mol. The number of benzene rings is 2. The molecule has 5 rings (SSSR count). The van der Waals surface area contributed by atoms with Crippen molar-refractivity contribution in [3.05, 3.63) is 64.2 Å². The molecule has 2 N–H and O–H groups in total. The van der Waals surface area contributed by atoms with Crippen LogP contribution < -0.4 is 5.32 Å². The van der Waals surface area contributed by atoms with Crippen LogP contribution in [-0.4, -0.2) is 11.1 Å². The van der Waals surface area contributed by atoms with Crippen LogP contribution in [0.1, 0.15) is 63.8 Å². The minimum atomic E-state index is -0.859. The Labute approximate surface area is 154 Å². The third-order valence-electron chi connectivity index (χ3n) is 7.05. The highest BCUT2D eigenvalue weighted by atomic mass is 16.4. The smallest absolute Gasteiger partial charge is 0.335 e. The van der Waals surface area contributed by atoms with Crippen molar-refractivity contribution in [2.75, 3.05) is 5.32 Å². The molecule has 2 aliphatic carbocycles. The Hall–Kier alpha value is -2.29. The van der Waals surface area contributed by atoms with Crippen LogP contribution in [0.3, 0.4) is 0 Å². The van der Waals surface area contributed by atoms with E-state index in [1.807, 2.05) is 12.1 Å². The van der Waals surface area contributed by atoms with E-state index in [1.54, 1.807) is 12.1 Å². The normalized spacial score (nSPS) is 31.2. The molecule has 26 heavy (non-hydrogen) atoms. The number of aromatic carboxylic acids is 1. The molecule has 3 aliphatic rings. The highest BCUT2D eigenvalue weighted by Gasteiger charge is 2.53. The fraction of sp³-hybridized carbons (Fsp3) is 0.435. The summed E-state index contributed by atoms with van der Waals surface area (Å²) < 4.78 is 0. The van der Waals surface area contributed by atoms with Gasteiger partial charge in [-0.25, -0.2) is 4.79 Å². The van der Waals surface area contributed by atoms with Gasteiger partial charge in [-0.15, -0.1) is 0 Å². The van der Waals surface area contributed by atoms with E-state index in [4.69, 9.17) is 0 Å². The van der Waals surface area contributed by atoms with Gasteiger partial charge in [-0.05, 0) is 85.6 Å². The highest BCUT2D eigenvalue weighted by Crippen LogP contribution is 2.64. The first kappa shape index (κ1) is 15.9. The van der Waals surface area contributed by atoms with Crippen LogP contribution in [0.5, 0.6) is 0 Å². The number of hydrogen-bond donors (Lipinski definition) is 2. The van der Waals surface area contributed by atoms with Crippen LogP contribution in [-0.2, 0) is 0 Å². The van der Waals surface area contributed by atoms with Gasteiger partial charge in [-0.2, -0.15) is 0 Å². The Morgan fingerprint density at radius 2 is 1.81 bits per heavy atom. The largest absolute Gasteiger partial charge is 0.478 e. The molecule has 3 heteroatoms. The Kier molecular flexibility index (Phi) is 3.43. The van der Waals surface area contributed by atoms with Gasteiger partial charge in [0.1, 0.15) is 0 Å². The number of rotatable bonds is 2. The number of carboxylic acid groups (broad SMARTS) is 1. The Morgan fingerprint density at radius 1 is 1.08 bits per heavy atom. The SMILES string of the molecule is Cc1cc(C)c2c(c1)[C@@H]1[C@H]3CC[C@@H](C3)[C@H]1[C@H](c1ccc(C(=O)O)cc1)N2. The van der Waals surface area contributed by atoms with Gasteiger partial charge < -0.3 is 10.4 Å². The van der Waals surface area contributed by atoms with Gasteiger partial charge in [0.2, 0.25) is 0 Å². The topological polar surface area (TPSA) is 49.3 Å². The van der Waals surface area contributed by atoms with E-state index in [0.717, 1.165) is 11.8 Å². The van der Waals surface area contributed by atoms with Crippen molar-refractivity contribution >= 4 is 11.7 Å². The second-order valence-electron chi connectivity index (χ2n) is 8.53. The van der Waals surface area contributed by atoms with Gasteiger partial charge in [0, 0.05) is 5.69 Å². The van der Waals surface area contributed by atoms with Crippen LogP contribution in [0.4, 0.5) is 5.69 Å². The molecule has 134 valence electrons. The second-order valence-corrected chi connectivity index (χ2v) is 8.53. The molecule has 2 bridgehead atoms. The van der Waals surface area contributed by atoms with Crippen molar-refractivity contribution in [1.29, 1.82) is 0 Å². The van der Waals surface area contributed by atoms with E-state index < -0.39 is 5.97 Å². The summed E-state index contributed by atoms with van der Waals surface area (Å²) in [5.74, 6) is 2.01. The molecular formula is C23H25NO2. The molecule has 1 aliphatic heterocycles. The lowest BCUT2D eigenvalue weighted by molar-refractivity contribution is 0.0697. The van der Waals surface area contributed by atoms with Gasteiger partial charge in [-0.3, -0.25) is 0 Å². The number of nitrogens with one attached hydrogen (secondary N) is 1. The first-order chi connectivity index (χ1) is 12.5. The van der Waals surface area contributed by atoms with E-state index in [2.05, 4.69) is 31.3 Å². The molecule has 3 nitrogen and oxygen atoms in total. The molecule has 0 saturated heterocycles. The average Bonchev–Trinajstić information content (AvgIpc) is 3.23. The summed E-state index contributed by atoms with van der Waals surface area (Å²) in [6.07, 6.45) is 4.06. The molecule has 0 spiro atoms. The van der Waals surface area contributed by atoms with Gasteiger partial charge >= 0.3 is 5.97 Å². The molecule has 0 aromatic heterocycles. The Bertz CT molecular complexity index is 886. The number of fused-ring (bicyclic) bond motifs is 7. The maximum atomic E-state index is 11.2. The molecule has 2 fully saturated rings. The summed E-state index contributed by atoms with van der Waals surface area (Å²) in [5.41, 5.74) is 7.11. The van der Waals surface area contributed by atoms with Crippen LogP contribution in [0, 0.1) is 31.6 Å². The summed E-state index contributed by atoms with van der Waals surface area (Å²) in [6.45, 7) is 4.41. The summed E-state index contributed by atoms with van der Waals surface area (Å²) in [5, 5.41) is 13.1. The molecule has 2 aromatic carbocycles. The number of anilines is 1. The number of carbonyl (C=O) groups is 1. The Morgan fingerprint density at radius 3 is 2.54 bits per heavy atom. The quantitative estimate of drug-likeness (QED) is 0.775. The molecule has 1 heterocycles. The minimum absolute atomic E-state index is 0.284. The van der Waals surface area contributed by atoms with Gasteiger partial charge in [0.05, 0.1) is 11.6 Å². The summed E-state index contributed by atoms with van der Waals surface area (Å²) in [4.78, 5) is 11.2. The zero-order valence-electron chi connectivity index (χ0n) is 15.3. The molecule has 2 aromatic rings. The Balaban J connectivity index is 1.61. The van der Waals surface area contributed by atoms with Crippen LogP contribution in [0.15, 0.2) is 36.4 Å². The van der Waals surface area contributed by atoms with Crippen molar-refractivity contribution in [1.82, 2.24) is 0 Å². The lowest BCUT2D eigenvalue weighted by Gasteiger charge is -2.44. The summed E-state index contributed by atoms with van der Waals surface area (Å²) in [6, 6.07) is 12.5. The third kappa shape index (κ3) is 2.22. The third-order valence-corrected chi connectivity index (χ3v) is 7.05. The van der Waals surface area contributed by atoms with Crippen molar-refractivity contribution in [2.45, 2.75) is 45.1 Å². The second kappa shape index (κ2) is 5.60. The molecule has 5 atom stereocenters. The molecule has 0 unspecified atom stereocenters. The lowest BCUT2D eigenvalue weighted by atomic mass is 9.67. The fourth-order valence-corrected chi connectivity index (χ4v) is 6.13. The number of carboxylic acids is 1. The molecule has 2 saturated carbocycles. The first-order valence-corrected chi connectivity index (χ1v) is 9.74. The lowest BCUT2D eigenvalue weighted by Crippen LogP contribution is -2.35. The van der Waals surface area contributed by atoms with E-state index in [-0.39, 0.29) is 6.04 Å². The van der Waals surface area contributed by atoms with Crippen LogP contribution in [0.2, 0.25) is 0 Å². The van der Waals surface area contributed by atoms with E-state index >= 15 is 0 Å². The molecular weight excluding hydrogens is 322 g/mol. The molecule has 0 amide bonds. The van der Waals surface area contributed by atoms with Crippen molar-refractivity contribution in [3.8, 4) is 0 Å². The van der Waals surface area contributed by atoms with E-state index in [9.17, 15) is 9.90 Å². The zero-order valence-corrected chi connectivity index (χ0v) is 15.3. The standard InChI is InChI=1S/C23H25NO2/c1-12-9-13(2)21-18(10-12)19-16-7-8-17(11-16)20(19)22(24-21)14-3-5-15(6-4-14)23(25)26/h3-6,9-10,16-17,19-20,22,24H,7-8,11H2,1-2H3,(H,25,26)/t16-,17-,19-,20+,22-/m0/s1. The average molecular weight is 347 g/mol. The summed E-state index contributed by atoms with van der Waals surface area (Å²) in [7, 11) is 0.